The molecule has 1 atom stereocenters. The molecule has 0 saturated carbocycles. The number of amides is 1. The van der Waals surface area contributed by atoms with E-state index in [1.807, 2.05) is 30.5 Å². The molecule has 0 aromatic heterocycles. The number of hydrogen-bond donors (Lipinski definition) is 2. The highest BCUT2D eigenvalue weighted by atomic mass is 32.2. The standard InChI is InChI=1S/C13H18N2OS/c1-17-11-7-5-10(6-8-11)15-13(16)12-4-2-3-9-14-12/h5-8,12,14H,2-4,9H2,1H3,(H,15,16). The maximum Gasteiger partial charge on any atom is 0.241 e. The van der Waals surface area contributed by atoms with Crippen LogP contribution in [0.5, 0.6) is 0 Å². The number of anilines is 1. The van der Waals surface area contributed by atoms with Gasteiger partial charge in [0.25, 0.3) is 0 Å². The van der Waals surface area contributed by atoms with Crippen LogP contribution in [0.15, 0.2) is 29.2 Å². The molecule has 1 saturated heterocycles. The van der Waals surface area contributed by atoms with E-state index >= 15 is 0 Å². The van der Waals surface area contributed by atoms with Gasteiger partial charge in [-0.05, 0) is 49.9 Å². The summed E-state index contributed by atoms with van der Waals surface area (Å²) in [6.07, 6.45) is 5.29. The Morgan fingerprint density at radius 2 is 2.12 bits per heavy atom. The van der Waals surface area contributed by atoms with Gasteiger partial charge in [-0.15, -0.1) is 11.8 Å². The first kappa shape index (κ1) is 12.5. The van der Waals surface area contributed by atoms with Gasteiger partial charge in [0.15, 0.2) is 0 Å². The van der Waals surface area contributed by atoms with E-state index in [1.165, 1.54) is 11.3 Å². The van der Waals surface area contributed by atoms with Crippen molar-refractivity contribution in [2.45, 2.75) is 30.2 Å². The third kappa shape index (κ3) is 3.48. The van der Waals surface area contributed by atoms with Gasteiger partial charge in [-0.2, -0.15) is 0 Å². The zero-order chi connectivity index (χ0) is 12.1. The Morgan fingerprint density at radius 1 is 1.35 bits per heavy atom. The smallest absolute Gasteiger partial charge is 0.241 e. The molecule has 1 aliphatic rings. The molecule has 4 heteroatoms. The van der Waals surface area contributed by atoms with Gasteiger partial charge in [0, 0.05) is 10.6 Å². The summed E-state index contributed by atoms with van der Waals surface area (Å²) in [6, 6.07) is 7.92. The van der Waals surface area contributed by atoms with Crippen LogP contribution in [0.25, 0.3) is 0 Å². The van der Waals surface area contributed by atoms with Crippen molar-refractivity contribution >= 4 is 23.4 Å². The number of hydrogen-bond acceptors (Lipinski definition) is 3. The van der Waals surface area contributed by atoms with Gasteiger partial charge in [-0.3, -0.25) is 4.79 Å². The second-order valence-corrected chi connectivity index (χ2v) is 5.10. The summed E-state index contributed by atoms with van der Waals surface area (Å²) in [5.74, 6) is 0.0848. The van der Waals surface area contributed by atoms with Crippen LogP contribution in [0.1, 0.15) is 19.3 Å². The van der Waals surface area contributed by atoms with E-state index in [4.69, 9.17) is 0 Å². The third-order valence-corrected chi connectivity index (χ3v) is 3.73. The molecule has 3 nitrogen and oxygen atoms in total. The van der Waals surface area contributed by atoms with Crippen LogP contribution < -0.4 is 10.6 Å². The predicted octanol–water partition coefficient (Wildman–Crippen LogP) is 2.49. The van der Waals surface area contributed by atoms with E-state index in [0.29, 0.717) is 0 Å². The Labute approximate surface area is 106 Å². The number of nitrogens with one attached hydrogen (secondary N) is 2. The van der Waals surface area contributed by atoms with Crippen molar-refractivity contribution in [3.8, 4) is 0 Å². The van der Waals surface area contributed by atoms with Crippen LogP contribution in [-0.2, 0) is 4.79 Å². The van der Waals surface area contributed by atoms with Gasteiger partial charge in [-0.25, -0.2) is 0 Å². The molecule has 0 bridgehead atoms. The van der Waals surface area contributed by atoms with Gasteiger partial charge >= 0.3 is 0 Å². The minimum atomic E-state index is -0.0241. The highest BCUT2D eigenvalue weighted by Gasteiger charge is 2.20. The molecule has 1 aromatic rings. The fourth-order valence-corrected chi connectivity index (χ4v) is 2.39. The Hall–Kier alpha value is -1.00. The molecule has 17 heavy (non-hydrogen) atoms. The number of benzene rings is 1. The molecule has 0 aliphatic carbocycles. The summed E-state index contributed by atoms with van der Waals surface area (Å²) in [4.78, 5) is 13.2. The Bertz CT molecular complexity index is 372. The Kier molecular flexibility index (Phi) is 4.45. The number of thioether (sulfide) groups is 1. The normalized spacial score (nSPS) is 19.9. The molecular weight excluding hydrogens is 232 g/mol. The lowest BCUT2D eigenvalue weighted by atomic mass is 10.0. The first-order valence-corrected chi connectivity index (χ1v) is 7.20. The Morgan fingerprint density at radius 3 is 2.71 bits per heavy atom. The number of rotatable bonds is 3. The monoisotopic (exact) mass is 250 g/mol. The summed E-state index contributed by atoms with van der Waals surface area (Å²) >= 11 is 1.70. The molecule has 1 aliphatic heterocycles. The molecule has 1 fully saturated rings. The van der Waals surface area contributed by atoms with Crippen LogP contribution >= 0.6 is 11.8 Å². The predicted molar refractivity (Wildman–Crippen MR) is 72.5 cm³/mol. The molecule has 1 aromatic carbocycles. The largest absolute Gasteiger partial charge is 0.325 e. The van der Waals surface area contributed by atoms with E-state index in [0.717, 1.165) is 25.1 Å². The fourth-order valence-electron chi connectivity index (χ4n) is 1.98. The molecule has 0 radical (unpaired) electrons. The van der Waals surface area contributed by atoms with E-state index in [9.17, 15) is 4.79 Å². The highest BCUT2D eigenvalue weighted by Crippen LogP contribution is 2.18. The van der Waals surface area contributed by atoms with Crippen molar-refractivity contribution in [2.24, 2.45) is 0 Å². The summed E-state index contributed by atoms with van der Waals surface area (Å²) in [5.41, 5.74) is 0.875. The lowest BCUT2D eigenvalue weighted by molar-refractivity contribution is -0.118. The second kappa shape index (κ2) is 6.07. The first-order valence-electron chi connectivity index (χ1n) is 5.98. The molecule has 2 N–H and O–H groups in total. The van der Waals surface area contributed by atoms with Crippen molar-refractivity contribution in [3.63, 3.8) is 0 Å². The van der Waals surface area contributed by atoms with Crippen molar-refractivity contribution in [1.82, 2.24) is 5.32 Å². The molecule has 92 valence electrons. The first-order chi connectivity index (χ1) is 8.29. The minimum absolute atomic E-state index is 0.0241. The maximum atomic E-state index is 11.9. The molecule has 1 unspecified atom stereocenters. The van der Waals surface area contributed by atoms with Crippen LogP contribution in [0, 0.1) is 0 Å². The summed E-state index contributed by atoms with van der Waals surface area (Å²) in [6.45, 7) is 0.948. The second-order valence-electron chi connectivity index (χ2n) is 4.22. The van der Waals surface area contributed by atoms with Gasteiger partial charge in [0.05, 0.1) is 6.04 Å². The van der Waals surface area contributed by atoms with Crippen LogP contribution in [-0.4, -0.2) is 24.7 Å². The van der Waals surface area contributed by atoms with Crippen LogP contribution in [0.2, 0.25) is 0 Å². The lowest BCUT2D eigenvalue weighted by Gasteiger charge is -2.22. The zero-order valence-electron chi connectivity index (χ0n) is 10.0. The topological polar surface area (TPSA) is 41.1 Å². The van der Waals surface area contributed by atoms with E-state index < -0.39 is 0 Å². The molecule has 1 amide bonds. The zero-order valence-corrected chi connectivity index (χ0v) is 10.8. The molecular formula is C13H18N2OS. The average molecular weight is 250 g/mol. The van der Waals surface area contributed by atoms with Gasteiger partial charge in [0.2, 0.25) is 5.91 Å². The number of carbonyl (C=O) groups is 1. The number of carbonyl (C=O) groups excluding carboxylic acids is 1. The van der Waals surface area contributed by atoms with Crippen LogP contribution in [0.3, 0.4) is 0 Å². The van der Waals surface area contributed by atoms with Gasteiger partial charge in [0.1, 0.15) is 0 Å². The van der Waals surface area contributed by atoms with E-state index in [2.05, 4.69) is 10.6 Å². The van der Waals surface area contributed by atoms with E-state index in [-0.39, 0.29) is 11.9 Å². The summed E-state index contributed by atoms with van der Waals surface area (Å²) < 4.78 is 0. The minimum Gasteiger partial charge on any atom is -0.325 e. The maximum absolute atomic E-state index is 11.9. The van der Waals surface area contributed by atoms with Crippen molar-refractivity contribution in [1.29, 1.82) is 0 Å². The van der Waals surface area contributed by atoms with Gasteiger partial charge in [-0.1, -0.05) is 6.42 Å². The van der Waals surface area contributed by atoms with Crippen molar-refractivity contribution in [2.75, 3.05) is 18.1 Å². The Balaban J connectivity index is 1.92. The average Bonchev–Trinajstić information content (AvgIpc) is 2.40. The molecule has 0 spiro atoms. The molecule has 2 rings (SSSR count). The lowest BCUT2D eigenvalue weighted by Crippen LogP contribution is -2.43. The highest BCUT2D eigenvalue weighted by molar-refractivity contribution is 7.98. The number of piperidine rings is 1. The van der Waals surface area contributed by atoms with E-state index in [1.54, 1.807) is 11.8 Å². The SMILES string of the molecule is CSc1ccc(NC(=O)C2CCCCN2)cc1. The fraction of sp³-hybridized carbons (Fsp3) is 0.462. The summed E-state index contributed by atoms with van der Waals surface area (Å²) in [7, 11) is 0. The van der Waals surface area contributed by atoms with Crippen molar-refractivity contribution in [3.05, 3.63) is 24.3 Å². The quantitative estimate of drug-likeness (QED) is 0.810. The summed E-state index contributed by atoms with van der Waals surface area (Å²) in [5, 5.41) is 6.20. The van der Waals surface area contributed by atoms with Gasteiger partial charge < -0.3 is 10.6 Å². The van der Waals surface area contributed by atoms with Crippen molar-refractivity contribution < 1.29 is 4.79 Å². The third-order valence-electron chi connectivity index (χ3n) is 2.98. The molecule has 1 heterocycles. The van der Waals surface area contributed by atoms with Crippen LogP contribution in [0.4, 0.5) is 5.69 Å².